The van der Waals surface area contributed by atoms with E-state index in [0.29, 0.717) is 5.56 Å². The summed E-state index contributed by atoms with van der Waals surface area (Å²) in [5.41, 5.74) is 8.11. The van der Waals surface area contributed by atoms with Crippen LogP contribution < -0.4 is 5.73 Å². The molecule has 0 saturated carbocycles. The molecule has 0 bridgehead atoms. The van der Waals surface area contributed by atoms with Gasteiger partial charge in [0, 0.05) is 17.0 Å². The Morgan fingerprint density at radius 2 is 1.60 bits per heavy atom. The predicted molar refractivity (Wildman–Crippen MR) is 77.5 cm³/mol. The van der Waals surface area contributed by atoms with Crippen molar-refractivity contribution < 1.29 is 8.78 Å². The van der Waals surface area contributed by atoms with Crippen molar-refractivity contribution in [2.75, 3.05) is 0 Å². The third-order valence-electron chi connectivity index (χ3n) is 3.85. The van der Waals surface area contributed by atoms with Crippen molar-refractivity contribution in [3.63, 3.8) is 0 Å². The van der Waals surface area contributed by atoms with E-state index in [0.717, 1.165) is 11.1 Å². The van der Waals surface area contributed by atoms with Gasteiger partial charge in [0.15, 0.2) is 0 Å². The molecule has 3 heteroatoms. The second-order valence-electron chi connectivity index (χ2n) is 5.73. The van der Waals surface area contributed by atoms with Gasteiger partial charge in [-0.25, -0.2) is 8.78 Å². The fraction of sp³-hybridized carbons (Fsp3) is 0.294. The molecule has 1 atom stereocenters. The number of hydrogen-bond donors (Lipinski definition) is 1. The molecule has 2 aromatic rings. The molecular formula is C17H19F2N. The van der Waals surface area contributed by atoms with E-state index in [-0.39, 0.29) is 11.6 Å². The molecule has 1 unspecified atom stereocenters. The highest BCUT2D eigenvalue weighted by atomic mass is 19.1. The average Bonchev–Trinajstić information content (AvgIpc) is 2.41. The summed E-state index contributed by atoms with van der Waals surface area (Å²) in [6, 6.07) is 10.6. The van der Waals surface area contributed by atoms with Crippen molar-refractivity contribution in [1.29, 1.82) is 0 Å². The third kappa shape index (κ3) is 2.73. The van der Waals surface area contributed by atoms with E-state index in [4.69, 9.17) is 5.73 Å². The Bertz CT molecular complexity index is 603. The molecule has 2 rings (SSSR count). The van der Waals surface area contributed by atoms with Crippen LogP contribution in [0.15, 0.2) is 42.5 Å². The maximum absolute atomic E-state index is 14.0. The number of halogens is 2. The number of nitrogens with two attached hydrogens (primary N) is 1. The van der Waals surface area contributed by atoms with Gasteiger partial charge in [0.05, 0.1) is 0 Å². The summed E-state index contributed by atoms with van der Waals surface area (Å²) >= 11 is 0. The van der Waals surface area contributed by atoms with Crippen LogP contribution in [0.1, 0.15) is 36.6 Å². The van der Waals surface area contributed by atoms with Crippen LogP contribution in [0, 0.1) is 18.6 Å². The van der Waals surface area contributed by atoms with Gasteiger partial charge in [-0.15, -0.1) is 0 Å². The molecule has 2 aromatic carbocycles. The van der Waals surface area contributed by atoms with Crippen molar-refractivity contribution in [2.45, 2.75) is 32.2 Å². The van der Waals surface area contributed by atoms with Crippen LogP contribution in [0.5, 0.6) is 0 Å². The summed E-state index contributed by atoms with van der Waals surface area (Å²) in [6.07, 6.45) is 0. The summed E-state index contributed by atoms with van der Waals surface area (Å²) in [6.45, 7) is 5.78. The van der Waals surface area contributed by atoms with Crippen molar-refractivity contribution in [3.05, 3.63) is 70.8 Å². The molecule has 0 heterocycles. The standard InChI is InChI=1S/C17H19F2N/c1-11-4-9-15(19)14(10-11)16(20)17(2,3)12-5-7-13(18)8-6-12/h4-10,16H,20H2,1-3H3. The number of aryl methyl sites for hydroxylation is 1. The van der Waals surface area contributed by atoms with Gasteiger partial charge in [0.1, 0.15) is 11.6 Å². The van der Waals surface area contributed by atoms with E-state index in [9.17, 15) is 8.78 Å². The Morgan fingerprint density at radius 1 is 1.00 bits per heavy atom. The Labute approximate surface area is 118 Å². The summed E-state index contributed by atoms with van der Waals surface area (Å²) in [5, 5.41) is 0. The highest BCUT2D eigenvalue weighted by Crippen LogP contribution is 2.36. The predicted octanol–water partition coefficient (Wildman–Crippen LogP) is 4.25. The molecule has 2 N–H and O–H groups in total. The van der Waals surface area contributed by atoms with E-state index in [1.165, 1.54) is 18.2 Å². The topological polar surface area (TPSA) is 26.0 Å². The summed E-state index contributed by atoms with van der Waals surface area (Å²) in [4.78, 5) is 0. The van der Waals surface area contributed by atoms with Gasteiger partial charge < -0.3 is 5.73 Å². The second kappa shape index (κ2) is 5.33. The van der Waals surface area contributed by atoms with Gasteiger partial charge in [-0.1, -0.05) is 43.7 Å². The summed E-state index contributed by atoms with van der Waals surface area (Å²) in [7, 11) is 0. The molecule has 106 valence electrons. The van der Waals surface area contributed by atoms with E-state index in [1.54, 1.807) is 24.3 Å². The van der Waals surface area contributed by atoms with Gasteiger partial charge in [-0.05, 0) is 30.7 Å². The quantitative estimate of drug-likeness (QED) is 0.890. The molecule has 20 heavy (non-hydrogen) atoms. The molecule has 0 radical (unpaired) electrons. The van der Waals surface area contributed by atoms with Crippen LogP contribution in [0.2, 0.25) is 0 Å². The third-order valence-corrected chi connectivity index (χ3v) is 3.85. The maximum Gasteiger partial charge on any atom is 0.128 e. The van der Waals surface area contributed by atoms with Crippen LogP contribution in [-0.4, -0.2) is 0 Å². The smallest absolute Gasteiger partial charge is 0.128 e. The average molecular weight is 275 g/mol. The summed E-state index contributed by atoms with van der Waals surface area (Å²) < 4.78 is 27.0. The molecule has 0 saturated heterocycles. The highest BCUT2D eigenvalue weighted by Gasteiger charge is 2.31. The molecule has 0 spiro atoms. The number of benzene rings is 2. The Morgan fingerprint density at radius 3 is 2.20 bits per heavy atom. The van der Waals surface area contributed by atoms with Gasteiger partial charge >= 0.3 is 0 Å². The van der Waals surface area contributed by atoms with Gasteiger partial charge in [-0.3, -0.25) is 0 Å². The zero-order valence-electron chi connectivity index (χ0n) is 12.0. The Hall–Kier alpha value is -1.74. The Balaban J connectivity index is 2.42. The zero-order chi connectivity index (χ0) is 14.9. The van der Waals surface area contributed by atoms with E-state index < -0.39 is 11.5 Å². The Kier molecular flexibility index (Phi) is 3.91. The minimum Gasteiger partial charge on any atom is -0.323 e. The lowest BCUT2D eigenvalue weighted by Crippen LogP contribution is -2.33. The fourth-order valence-electron chi connectivity index (χ4n) is 2.35. The molecule has 0 aliphatic heterocycles. The largest absolute Gasteiger partial charge is 0.323 e. The number of rotatable bonds is 3. The lowest BCUT2D eigenvalue weighted by molar-refractivity contribution is 0.406. The zero-order valence-corrected chi connectivity index (χ0v) is 12.0. The van der Waals surface area contributed by atoms with Crippen LogP contribution >= 0.6 is 0 Å². The van der Waals surface area contributed by atoms with E-state index in [1.807, 2.05) is 20.8 Å². The lowest BCUT2D eigenvalue weighted by Gasteiger charge is -2.33. The second-order valence-corrected chi connectivity index (χ2v) is 5.73. The normalized spacial score (nSPS) is 13.3. The van der Waals surface area contributed by atoms with Crippen LogP contribution in [0.3, 0.4) is 0 Å². The van der Waals surface area contributed by atoms with Crippen molar-refractivity contribution in [3.8, 4) is 0 Å². The van der Waals surface area contributed by atoms with Crippen molar-refractivity contribution >= 4 is 0 Å². The molecule has 1 nitrogen and oxygen atoms in total. The first-order valence-electron chi connectivity index (χ1n) is 6.60. The first kappa shape index (κ1) is 14.7. The molecule has 0 amide bonds. The highest BCUT2D eigenvalue weighted by molar-refractivity contribution is 5.34. The lowest BCUT2D eigenvalue weighted by atomic mass is 9.75. The van der Waals surface area contributed by atoms with Crippen molar-refractivity contribution in [1.82, 2.24) is 0 Å². The minimum atomic E-state index is -0.507. The van der Waals surface area contributed by atoms with Crippen LogP contribution in [0.25, 0.3) is 0 Å². The van der Waals surface area contributed by atoms with Gasteiger partial charge in [0.2, 0.25) is 0 Å². The SMILES string of the molecule is Cc1ccc(F)c(C(N)C(C)(C)c2ccc(F)cc2)c1. The van der Waals surface area contributed by atoms with Gasteiger partial charge in [0.25, 0.3) is 0 Å². The minimum absolute atomic E-state index is 0.292. The summed E-state index contributed by atoms with van der Waals surface area (Å²) in [5.74, 6) is -0.599. The first-order chi connectivity index (χ1) is 9.32. The molecule has 0 aliphatic rings. The molecule has 0 aromatic heterocycles. The monoisotopic (exact) mass is 275 g/mol. The molecule has 0 aliphatic carbocycles. The van der Waals surface area contributed by atoms with Gasteiger partial charge in [-0.2, -0.15) is 0 Å². The fourth-order valence-corrected chi connectivity index (χ4v) is 2.35. The maximum atomic E-state index is 14.0. The van der Waals surface area contributed by atoms with E-state index in [2.05, 4.69) is 0 Å². The number of hydrogen-bond acceptors (Lipinski definition) is 1. The van der Waals surface area contributed by atoms with Crippen LogP contribution in [-0.2, 0) is 5.41 Å². The molecule has 0 fully saturated rings. The van der Waals surface area contributed by atoms with Crippen molar-refractivity contribution in [2.24, 2.45) is 5.73 Å². The first-order valence-corrected chi connectivity index (χ1v) is 6.60. The molecular weight excluding hydrogens is 256 g/mol. The van der Waals surface area contributed by atoms with E-state index >= 15 is 0 Å². The van der Waals surface area contributed by atoms with Crippen LogP contribution in [0.4, 0.5) is 8.78 Å².